The van der Waals surface area contributed by atoms with Gasteiger partial charge in [0, 0.05) is 0 Å². The van der Waals surface area contributed by atoms with E-state index in [-0.39, 0.29) is 5.82 Å². The van der Waals surface area contributed by atoms with Crippen molar-refractivity contribution in [1.82, 2.24) is 9.97 Å². The maximum Gasteiger partial charge on any atom is 0.257 e. The van der Waals surface area contributed by atoms with Crippen LogP contribution in [0.3, 0.4) is 0 Å². The van der Waals surface area contributed by atoms with Gasteiger partial charge >= 0.3 is 0 Å². The van der Waals surface area contributed by atoms with E-state index in [1.807, 2.05) is 0 Å². The molecule has 1 aromatic carbocycles. The van der Waals surface area contributed by atoms with Crippen LogP contribution in [-0.2, 0) is 0 Å². The fraction of sp³-hybridized carbons (Fsp3) is 0.111. The smallest absolute Gasteiger partial charge is 0.257 e. The molecular weight excluding hydrogens is 202 g/mol. The monoisotopic (exact) mass is 209 g/mol. The van der Waals surface area contributed by atoms with Gasteiger partial charge in [-0.15, -0.1) is 0 Å². The fourth-order valence-corrected chi connectivity index (χ4v) is 1.40. The summed E-state index contributed by atoms with van der Waals surface area (Å²) in [4.78, 5) is 8.26. The molecule has 0 spiro atoms. The molecule has 0 radical (unpaired) electrons. The molecule has 0 saturated heterocycles. The predicted molar refractivity (Wildman–Crippen MR) is 55.5 cm³/mol. The number of aromatic nitrogens is 2. The van der Waals surface area contributed by atoms with E-state index >= 15 is 0 Å². The molecule has 14 heavy (non-hydrogen) atoms. The van der Waals surface area contributed by atoms with Crippen molar-refractivity contribution in [1.29, 1.82) is 0 Å². The van der Waals surface area contributed by atoms with Crippen molar-refractivity contribution in [2.24, 2.45) is 0 Å². The third-order valence-electron chi connectivity index (χ3n) is 1.83. The highest BCUT2D eigenvalue weighted by Crippen LogP contribution is 2.25. The highest BCUT2D eigenvalue weighted by Gasteiger charge is 2.07. The molecule has 2 N–H and O–H groups in total. The molecule has 0 saturated carbocycles. The number of methoxy groups -OCH3 is 1. The van der Waals surface area contributed by atoms with E-state index in [9.17, 15) is 0 Å². The third-order valence-corrected chi connectivity index (χ3v) is 2.14. The van der Waals surface area contributed by atoms with Crippen molar-refractivity contribution in [3.8, 4) is 5.88 Å². The van der Waals surface area contributed by atoms with Gasteiger partial charge in [-0.05, 0) is 12.1 Å². The van der Waals surface area contributed by atoms with Crippen molar-refractivity contribution in [2.75, 3.05) is 12.8 Å². The van der Waals surface area contributed by atoms with Gasteiger partial charge in [0.15, 0.2) is 5.82 Å². The molecule has 1 aromatic heterocycles. The fourth-order valence-electron chi connectivity index (χ4n) is 1.19. The topological polar surface area (TPSA) is 61.0 Å². The quantitative estimate of drug-likeness (QED) is 0.779. The van der Waals surface area contributed by atoms with Crippen molar-refractivity contribution in [3.05, 3.63) is 23.2 Å². The third kappa shape index (κ3) is 1.33. The normalized spacial score (nSPS) is 10.4. The molecule has 2 aromatic rings. The Kier molecular flexibility index (Phi) is 2.13. The number of rotatable bonds is 1. The lowest BCUT2D eigenvalue weighted by atomic mass is 10.3. The number of hydrogen-bond acceptors (Lipinski definition) is 4. The second kappa shape index (κ2) is 3.31. The first kappa shape index (κ1) is 9.02. The van der Waals surface area contributed by atoms with Gasteiger partial charge in [0.2, 0.25) is 0 Å². The molecule has 0 fully saturated rings. The summed E-state index contributed by atoms with van der Waals surface area (Å²) in [5.74, 6) is 0.563. The number of ether oxygens (including phenoxy) is 1. The van der Waals surface area contributed by atoms with Crippen LogP contribution in [0.5, 0.6) is 5.88 Å². The van der Waals surface area contributed by atoms with Gasteiger partial charge < -0.3 is 10.5 Å². The minimum Gasteiger partial charge on any atom is -0.478 e. The van der Waals surface area contributed by atoms with E-state index in [0.29, 0.717) is 21.9 Å². The van der Waals surface area contributed by atoms with E-state index < -0.39 is 0 Å². The number of benzene rings is 1. The zero-order valence-electron chi connectivity index (χ0n) is 7.49. The second-order valence-corrected chi connectivity index (χ2v) is 3.13. The van der Waals surface area contributed by atoms with Gasteiger partial charge in [-0.25, -0.2) is 9.97 Å². The van der Waals surface area contributed by atoms with Crippen molar-refractivity contribution >= 4 is 28.5 Å². The Morgan fingerprint density at radius 3 is 2.86 bits per heavy atom. The molecule has 0 aliphatic rings. The number of fused-ring (bicyclic) bond motifs is 1. The van der Waals surface area contributed by atoms with Crippen LogP contribution in [0.2, 0.25) is 5.02 Å². The Morgan fingerprint density at radius 1 is 1.36 bits per heavy atom. The molecule has 4 nitrogen and oxygen atoms in total. The van der Waals surface area contributed by atoms with Gasteiger partial charge in [0.05, 0.1) is 17.6 Å². The van der Waals surface area contributed by atoms with Crippen molar-refractivity contribution < 1.29 is 4.74 Å². The second-order valence-electron chi connectivity index (χ2n) is 2.73. The van der Waals surface area contributed by atoms with Crippen LogP contribution in [0.15, 0.2) is 18.2 Å². The lowest BCUT2D eigenvalue weighted by Crippen LogP contribution is -1.99. The van der Waals surface area contributed by atoms with Gasteiger partial charge in [0.1, 0.15) is 5.52 Å². The summed E-state index contributed by atoms with van der Waals surface area (Å²) in [6, 6.07) is 5.34. The molecular formula is C9H8ClN3O. The predicted octanol–water partition coefficient (Wildman–Crippen LogP) is 1.87. The highest BCUT2D eigenvalue weighted by molar-refractivity contribution is 6.34. The van der Waals surface area contributed by atoms with Crippen LogP contribution < -0.4 is 10.5 Å². The summed E-state index contributed by atoms with van der Waals surface area (Å²) in [6.45, 7) is 0. The van der Waals surface area contributed by atoms with Crippen LogP contribution in [0.4, 0.5) is 5.82 Å². The number of halogens is 1. The molecule has 0 unspecified atom stereocenters. The van der Waals surface area contributed by atoms with E-state index in [1.165, 1.54) is 7.11 Å². The summed E-state index contributed by atoms with van der Waals surface area (Å²) < 4.78 is 4.95. The van der Waals surface area contributed by atoms with Crippen LogP contribution in [-0.4, -0.2) is 17.1 Å². The number of para-hydroxylation sites is 1. The summed E-state index contributed by atoms with van der Waals surface area (Å²) in [5, 5.41) is 0.532. The van der Waals surface area contributed by atoms with Gasteiger partial charge in [-0.2, -0.15) is 0 Å². The number of nitrogen functional groups attached to an aromatic ring is 1. The SMILES string of the molecule is COc1nc2cccc(Cl)c2nc1N. The van der Waals surface area contributed by atoms with Crippen molar-refractivity contribution in [2.45, 2.75) is 0 Å². The number of hydrogen-bond donors (Lipinski definition) is 1. The maximum atomic E-state index is 5.93. The molecule has 72 valence electrons. The molecule has 1 heterocycles. The number of anilines is 1. The van der Waals surface area contributed by atoms with Crippen LogP contribution in [0.25, 0.3) is 11.0 Å². The zero-order valence-corrected chi connectivity index (χ0v) is 8.25. The molecule has 0 bridgehead atoms. The Morgan fingerprint density at radius 2 is 2.14 bits per heavy atom. The standard InChI is InChI=1S/C9H8ClN3O/c1-14-9-8(11)13-7-5(10)3-2-4-6(7)12-9/h2-4H,1H3,(H2,11,13). The van der Waals surface area contributed by atoms with E-state index in [4.69, 9.17) is 22.1 Å². The lowest BCUT2D eigenvalue weighted by molar-refractivity contribution is 0.400. The van der Waals surface area contributed by atoms with Crippen LogP contribution in [0.1, 0.15) is 0 Å². The molecule has 2 rings (SSSR count). The lowest BCUT2D eigenvalue weighted by Gasteiger charge is -2.04. The van der Waals surface area contributed by atoms with Crippen LogP contribution >= 0.6 is 11.6 Å². The Balaban J connectivity index is 2.79. The minimum absolute atomic E-state index is 0.244. The van der Waals surface area contributed by atoms with Crippen LogP contribution in [0, 0.1) is 0 Å². The summed E-state index contributed by atoms with van der Waals surface area (Å²) in [7, 11) is 1.50. The van der Waals surface area contributed by atoms with Crippen molar-refractivity contribution in [3.63, 3.8) is 0 Å². The first-order chi connectivity index (χ1) is 6.72. The first-order valence-electron chi connectivity index (χ1n) is 3.98. The molecule has 0 atom stereocenters. The van der Waals surface area contributed by atoms with Gasteiger partial charge in [-0.1, -0.05) is 17.7 Å². The van der Waals surface area contributed by atoms with E-state index in [0.717, 1.165) is 0 Å². The maximum absolute atomic E-state index is 5.93. The van der Waals surface area contributed by atoms with Gasteiger partial charge in [-0.3, -0.25) is 0 Å². The number of nitrogens with two attached hydrogens (primary N) is 1. The van der Waals surface area contributed by atoms with E-state index in [2.05, 4.69) is 9.97 Å². The summed E-state index contributed by atoms with van der Waals surface area (Å²) >= 11 is 5.93. The highest BCUT2D eigenvalue weighted by atomic mass is 35.5. The molecule has 0 amide bonds. The Hall–Kier alpha value is -1.55. The molecule has 0 aliphatic heterocycles. The minimum atomic E-state index is 0.244. The number of nitrogens with zero attached hydrogens (tertiary/aromatic N) is 2. The zero-order chi connectivity index (χ0) is 10.1. The Labute approximate surface area is 85.7 Å². The average Bonchev–Trinajstić information content (AvgIpc) is 2.19. The van der Waals surface area contributed by atoms with E-state index in [1.54, 1.807) is 18.2 Å². The summed E-state index contributed by atoms with van der Waals surface area (Å²) in [5.41, 5.74) is 6.87. The van der Waals surface area contributed by atoms with Gasteiger partial charge in [0.25, 0.3) is 5.88 Å². The largest absolute Gasteiger partial charge is 0.478 e. The molecule has 5 heteroatoms. The first-order valence-corrected chi connectivity index (χ1v) is 4.36. The Bertz CT molecular complexity index is 487. The summed E-state index contributed by atoms with van der Waals surface area (Å²) in [6.07, 6.45) is 0. The average molecular weight is 210 g/mol. The molecule has 0 aliphatic carbocycles.